The third kappa shape index (κ3) is 3.37. The summed E-state index contributed by atoms with van der Waals surface area (Å²) in [6.07, 6.45) is 0.621. The number of ether oxygens (including phenoxy) is 1. The van der Waals surface area contributed by atoms with E-state index >= 15 is 0 Å². The largest absolute Gasteiger partial charge is 0.464 e. The van der Waals surface area contributed by atoms with Gasteiger partial charge in [0, 0.05) is 44.7 Å². The number of hydrogen-bond acceptors (Lipinski definition) is 7. The highest BCUT2D eigenvalue weighted by Crippen LogP contribution is 2.26. The molecule has 136 valence electrons. The van der Waals surface area contributed by atoms with E-state index in [-0.39, 0.29) is 35.7 Å². The maximum absolute atomic E-state index is 12.9. The van der Waals surface area contributed by atoms with Crippen LogP contribution in [0.4, 0.5) is 5.69 Å². The molecule has 1 aromatic rings. The topological polar surface area (TPSA) is 110 Å². The second-order valence-electron chi connectivity index (χ2n) is 6.12. The molecule has 0 aromatic heterocycles. The highest BCUT2D eigenvalue weighted by atomic mass is 32.2. The summed E-state index contributed by atoms with van der Waals surface area (Å²) in [6, 6.07) is 3.53. The third-order valence-corrected chi connectivity index (χ3v) is 6.66. The molecule has 2 aliphatic rings. The van der Waals surface area contributed by atoms with Crippen LogP contribution in [0.15, 0.2) is 23.1 Å². The van der Waals surface area contributed by atoms with Crippen molar-refractivity contribution >= 4 is 21.7 Å². The van der Waals surface area contributed by atoms with Crippen molar-refractivity contribution in [2.45, 2.75) is 24.3 Å². The lowest BCUT2D eigenvalue weighted by Gasteiger charge is -2.35. The third-order valence-electron chi connectivity index (χ3n) is 4.62. The normalized spacial score (nSPS) is 22.8. The van der Waals surface area contributed by atoms with Crippen LogP contribution in [-0.2, 0) is 19.6 Å². The van der Waals surface area contributed by atoms with Crippen LogP contribution in [0, 0.1) is 17.0 Å². The lowest BCUT2D eigenvalue weighted by molar-refractivity contribution is -0.385. The summed E-state index contributed by atoms with van der Waals surface area (Å²) in [5.74, 6) is -0.258. The first-order valence-electron chi connectivity index (χ1n) is 7.96. The molecule has 0 aliphatic carbocycles. The minimum Gasteiger partial charge on any atom is -0.464 e. The zero-order valence-electron chi connectivity index (χ0n) is 13.8. The first kappa shape index (κ1) is 17.8. The molecule has 0 bridgehead atoms. The molecule has 0 saturated carbocycles. The van der Waals surface area contributed by atoms with Gasteiger partial charge in [-0.05, 0) is 12.5 Å². The van der Waals surface area contributed by atoms with Crippen molar-refractivity contribution in [3.8, 4) is 0 Å². The molecule has 0 amide bonds. The molecule has 0 spiro atoms. The van der Waals surface area contributed by atoms with Gasteiger partial charge in [0.25, 0.3) is 5.69 Å². The number of hydrogen-bond donors (Lipinski definition) is 0. The maximum Gasteiger partial charge on any atom is 0.323 e. The molecule has 1 aromatic carbocycles. The van der Waals surface area contributed by atoms with Gasteiger partial charge in [-0.3, -0.25) is 19.8 Å². The number of non-ortho nitro benzene ring substituents is 1. The number of nitrogens with zero attached hydrogens (tertiary/aromatic N) is 3. The zero-order chi connectivity index (χ0) is 18.2. The van der Waals surface area contributed by atoms with Crippen LogP contribution in [0.25, 0.3) is 0 Å². The van der Waals surface area contributed by atoms with E-state index in [4.69, 9.17) is 4.74 Å². The first-order valence-corrected chi connectivity index (χ1v) is 9.40. The summed E-state index contributed by atoms with van der Waals surface area (Å²) >= 11 is 0. The Bertz CT molecular complexity index is 801. The lowest BCUT2D eigenvalue weighted by Crippen LogP contribution is -2.53. The van der Waals surface area contributed by atoms with Gasteiger partial charge in [0.1, 0.15) is 6.04 Å². The fraction of sp³-hybridized carbons (Fsp3) is 0.533. The Kier molecular flexibility index (Phi) is 4.76. The number of sulfonamides is 1. The van der Waals surface area contributed by atoms with Crippen molar-refractivity contribution in [1.82, 2.24) is 9.21 Å². The van der Waals surface area contributed by atoms with Gasteiger partial charge < -0.3 is 4.74 Å². The Morgan fingerprint density at radius 1 is 1.24 bits per heavy atom. The van der Waals surface area contributed by atoms with Crippen molar-refractivity contribution in [3.63, 3.8) is 0 Å². The van der Waals surface area contributed by atoms with E-state index in [2.05, 4.69) is 0 Å². The van der Waals surface area contributed by atoms with E-state index in [1.807, 2.05) is 4.90 Å². The Hall–Kier alpha value is -2.04. The van der Waals surface area contributed by atoms with Crippen molar-refractivity contribution < 1.29 is 22.9 Å². The second-order valence-corrected chi connectivity index (χ2v) is 8.03. The summed E-state index contributed by atoms with van der Waals surface area (Å²) in [5.41, 5.74) is 0.212. The Labute approximate surface area is 145 Å². The standard InChI is InChI=1S/C15H19N3O6S/c1-11-2-3-12(18(20)21)10-14(11)25(22,23)17-7-5-16(6-8-17)13-4-9-24-15(13)19/h2-3,10,13H,4-9H2,1H3/t13-/m1/s1. The van der Waals surface area contributed by atoms with Gasteiger partial charge in [0.2, 0.25) is 10.0 Å². The molecule has 1 atom stereocenters. The summed E-state index contributed by atoms with van der Waals surface area (Å²) in [7, 11) is -3.82. The fourth-order valence-corrected chi connectivity index (χ4v) is 4.86. The maximum atomic E-state index is 12.9. The monoisotopic (exact) mass is 369 g/mol. The van der Waals surface area contributed by atoms with Gasteiger partial charge in [-0.25, -0.2) is 8.42 Å². The Morgan fingerprint density at radius 3 is 2.48 bits per heavy atom. The van der Waals surface area contributed by atoms with Crippen LogP contribution < -0.4 is 0 Å². The number of nitro groups is 1. The molecule has 9 nitrogen and oxygen atoms in total. The SMILES string of the molecule is Cc1ccc([N+](=O)[O-])cc1S(=O)(=O)N1CCN([C@@H]2CCOC2=O)CC1. The van der Waals surface area contributed by atoms with Crippen LogP contribution in [0.3, 0.4) is 0 Å². The summed E-state index contributed by atoms with van der Waals surface area (Å²) in [4.78, 5) is 23.9. The van der Waals surface area contributed by atoms with Gasteiger partial charge >= 0.3 is 5.97 Å². The van der Waals surface area contributed by atoms with Crippen molar-refractivity contribution in [2.75, 3.05) is 32.8 Å². The molecule has 0 N–H and O–H groups in total. The Morgan fingerprint density at radius 2 is 1.92 bits per heavy atom. The minimum absolute atomic E-state index is 0.0459. The molecule has 2 heterocycles. The summed E-state index contributed by atoms with van der Waals surface area (Å²) in [5, 5.41) is 10.9. The van der Waals surface area contributed by atoms with Crippen LogP contribution >= 0.6 is 0 Å². The Balaban J connectivity index is 1.77. The average molecular weight is 369 g/mol. The average Bonchev–Trinajstić information content (AvgIpc) is 3.01. The first-order chi connectivity index (χ1) is 11.8. The highest BCUT2D eigenvalue weighted by Gasteiger charge is 2.37. The van der Waals surface area contributed by atoms with Gasteiger partial charge in [0.15, 0.2) is 0 Å². The van der Waals surface area contributed by atoms with Gasteiger partial charge in [-0.2, -0.15) is 4.31 Å². The number of nitro benzene ring substituents is 1. The van der Waals surface area contributed by atoms with Gasteiger partial charge in [-0.1, -0.05) is 6.07 Å². The molecule has 25 heavy (non-hydrogen) atoms. The van der Waals surface area contributed by atoms with Crippen LogP contribution in [0.5, 0.6) is 0 Å². The van der Waals surface area contributed by atoms with Crippen molar-refractivity contribution in [3.05, 3.63) is 33.9 Å². The molecular weight excluding hydrogens is 350 g/mol. The van der Waals surface area contributed by atoms with Crippen LogP contribution in [0.2, 0.25) is 0 Å². The van der Waals surface area contributed by atoms with Gasteiger partial charge in [-0.15, -0.1) is 0 Å². The summed E-state index contributed by atoms with van der Waals surface area (Å²) < 4.78 is 32.0. The van der Waals surface area contributed by atoms with E-state index in [1.54, 1.807) is 6.92 Å². The predicted molar refractivity (Wildman–Crippen MR) is 87.5 cm³/mol. The predicted octanol–water partition coefficient (Wildman–Crippen LogP) is 0.525. The molecule has 3 rings (SSSR count). The van der Waals surface area contributed by atoms with E-state index in [9.17, 15) is 23.3 Å². The van der Waals surface area contributed by atoms with E-state index in [0.717, 1.165) is 6.07 Å². The van der Waals surface area contributed by atoms with Crippen LogP contribution in [-0.4, -0.2) is 67.3 Å². The molecule has 0 unspecified atom stereocenters. The number of carbonyl (C=O) groups is 1. The smallest absolute Gasteiger partial charge is 0.323 e. The molecule has 2 aliphatic heterocycles. The molecular formula is C15H19N3O6S. The number of rotatable bonds is 4. The molecule has 2 fully saturated rings. The van der Waals surface area contributed by atoms with E-state index < -0.39 is 14.9 Å². The number of piperazine rings is 1. The van der Waals surface area contributed by atoms with Gasteiger partial charge in [0.05, 0.1) is 16.4 Å². The highest BCUT2D eigenvalue weighted by molar-refractivity contribution is 7.89. The van der Waals surface area contributed by atoms with Crippen molar-refractivity contribution in [1.29, 1.82) is 0 Å². The zero-order valence-corrected chi connectivity index (χ0v) is 14.6. The number of aryl methyl sites for hydroxylation is 1. The molecule has 10 heteroatoms. The second kappa shape index (κ2) is 6.70. The fourth-order valence-electron chi connectivity index (χ4n) is 3.19. The van der Waals surface area contributed by atoms with Crippen molar-refractivity contribution in [2.24, 2.45) is 0 Å². The summed E-state index contributed by atoms with van der Waals surface area (Å²) in [6.45, 7) is 3.32. The molecule has 0 radical (unpaired) electrons. The number of cyclic esters (lactones) is 1. The minimum atomic E-state index is -3.82. The quantitative estimate of drug-likeness (QED) is 0.432. The molecule has 2 saturated heterocycles. The van der Waals surface area contributed by atoms with E-state index in [1.165, 1.54) is 16.4 Å². The number of carbonyl (C=O) groups excluding carboxylic acids is 1. The van der Waals surface area contributed by atoms with Crippen LogP contribution in [0.1, 0.15) is 12.0 Å². The lowest BCUT2D eigenvalue weighted by atomic mass is 10.2. The number of esters is 1. The number of benzene rings is 1. The van der Waals surface area contributed by atoms with E-state index in [0.29, 0.717) is 31.7 Å².